The zero-order valence-corrected chi connectivity index (χ0v) is 38.1. The molecule has 336 valence electrons. The van der Waals surface area contributed by atoms with Crippen LogP contribution in [0.2, 0.25) is 0 Å². The third-order valence-corrected chi connectivity index (χ3v) is 11.9. The topological polar surface area (TPSA) is 35.9 Å². The monoisotopic (exact) mass is 923 g/mol. The van der Waals surface area contributed by atoms with Crippen molar-refractivity contribution in [3.63, 3.8) is 0 Å². The summed E-state index contributed by atoms with van der Waals surface area (Å²) in [6.45, 7) is 7.38. The van der Waals surface area contributed by atoms with Crippen molar-refractivity contribution in [2.45, 2.75) is 33.1 Å². The Morgan fingerprint density at radius 1 is 0.529 bits per heavy atom. The van der Waals surface area contributed by atoms with Gasteiger partial charge in [0.05, 0.1) is 60.9 Å². The Hall–Kier alpha value is -8.80. The highest BCUT2D eigenvalue weighted by Crippen LogP contribution is 2.39. The number of rotatable bonds is 9. The molecule has 0 unspecified atom stereocenters. The Labute approximate surface area is 436 Å². The first kappa shape index (κ1) is 26.1. The number of para-hydroxylation sites is 4. The lowest BCUT2D eigenvalue weighted by atomic mass is 9.86. The van der Waals surface area contributed by atoms with Crippen molar-refractivity contribution in [1.82, 2.24) is 14.1 Å². The van der Waals surface area contributed by atoms with Crippen LogP contribution in [0.3, 0.4) is 0 Å². The van der Waals surface area contributed by atoms with Crippen LogP contribution in [0.4, 0.5) is 0 Å². The highest BCUT2D eigenvalue weighted by molar-refractivity contribution is 6.09. The maximum atomic E-state index is 9.80. The normalized spacial score (nSPS) is 15.7. The fourth-order valence-electron chi connectivity index (χ4n) is 8.49. The molecule has 9 aromatic carbocycles. The molecule has 0 fully saturated rings. The first-order valence-corrected chi connectivity index (χ1v) is 22.3. The van der Waals surface area contributed by atoms with Crippen molar-refractivity contribution in [1.29, 1.82) is 0 Å². The van der Waals surface area contributed by atoms with Gasteiger partial charge in [-0.25, -0.2) is 4.98 Å². The van der Waals surface area contributed by atoms with Gasteiger partial charge in [0.25, 0.3) is 6.33 Å². The maximum Gasteiger partial charge on any atom is 0.269 e. The molecule has 0 aliphatic carbocycles. The number of pyridine rings is 1. The number of hydrogen-bond acceptors (Lipinski definition) is 2. The average Bonchev–Trinajstić information content (AvgIpc) is 1.03. The van der Waals surface area contributed by atoms with Crippen LogP contribution in [0.25, 0.3) is 94.5 Å². The van der Waals surface area contributed by atoms with Crippen molar-refractivity contribution in [2.24, 2.45) is 0 Å². The molecule has 5 heteroatoms. The quantitative estimate of drug-likeness (QED) is 0.107. The molecule has 12 aromatic rings. The lowest BCUT2D eigenvalue weighted by Gasteiger charge is -2.22. The Balaban J connectivity index is 1.16. The fraction of sp³-hybridized carbons (Fsp3) is 0.0769. The van der Waals surface area contributed by atoms with Crippen LogP contribution in [0.1, 0.15) is 59.3 Å². The molecule has 0 aliphatic rings. The second-order valence-corrected chi connectivity index (χ2v) is 17.5. The van der Waals surface area contributed by atoms with E-state index in [9.17, 15) is 15.1 Å². The molecule has 12 rings (SSSR count). The van der Waals surface area contributed by atoms with Gasteiger partial charge in [-0.2, -0.15) is 0 Å². The summed E-state index contributed by atoms with van der Waals surface area (Å²) in [4.78, 5) is 4.68. The SMILES string of the molecule is [2H]c1c([2H])c([2H])c(-c2c([2H])c([2H])c(-c3c([2H])c([2H])c([2H])c(-c4c([2H])c([2H])c(-c5c([2H])c([2H])c(C)c([2H])c5[2H])c([2H])c4[2H])c3-[n+]3[c-]n(-c4cc(Oc5ccc6c7ccccc7n(-c7ccccn7)c6c5)cc(C(C)(C)C)c4)c4ccccc43)c([2H])c2[2H])c([2H])c1[2H]. The molecule has 0 atom stereocenters. The second kappa shape index (κ2) is 17.4. The molecular weight excluding hydrogens is 853 g/mol. The average molecular weight is 923 g/mol. The predicted molar refractivity (Wildman–Crippen MR) is 287 cm³/mol. The van der Waals surface area contributed by atoms with E-state index in [1.165, 1.54) is 11.5 Å². The van der Waals surface area contributed by atoms with Crippen LogP contribution in [0.5, 0.6) is 11.5 Å². The number of benzene rings is 9. The highest BCUT2D eigenvalue weighted by Gasteiger charge is 2.23. The lowest BCUT2D eigenvalue weighted by Crippen LogP contribution is -2.31. The van der Waals surface area contributed by atoms with Crippen LogP contribution >= 0.6 is 0 Å². The molecule has 0 amide bonds. The van der Waals surface area contributed by atoms with E-state index in [1.807, 2.05) is 93.6 Å². The summed E-state index contributed by atoms with van der Waals surface area (Å²) in [5.74, 6) is 1.53. The standard InChI is InChI=1S/C65H50N4O/c1-44-24-26-46(27-25-44)48-30-34-50(35-31-48)56-19-14-18-55(49-32-28-47(29-33-49)45-15-6-5-7-16-45)64(56)68-43-67(60-21-10-11-22-61(60)68)52-39-51(65(2,3)4)40-54(41-52)70-53-36-37-58-57-17-8-9-20-59(57)69(62(58)42-53)63-23-12-13-38-66-63/h5-42H,1-4H3/i5D,6D,7D,14D,15D,16D,18D,19D,24D,25D,26D,27D,28D,29D,30D,31D,32D,33D,34D,35D. The summed E-state index contributed by atoms with van der Waals surface area (Å²) in [5.41, 5.74) is -2.60. The smallest absolute Gasteiger partial charge is 0.269 e. The molecule has 0 bridgehead atoms. The van der Waals surface area contributed by atoms with Crippen LogP contribution in [-0.2, 0) is 5.41 Å². The first-order chi connectivity index (χ1) is 42.6. The first-order valence-electron chi connectivity index (χ1n) is 32.3. The summed E-state index contributed by atoms with van der Waals surface area (Å²) >= 11 is 0. The van der Waals surface area contributed by atoms with Gasteiger partial charge in [0.1, 0.15) is 17.3 Å². The molecular formula is C65H50N4O. The molecule has 0 spiro atoms. The van der Waals surface area contributed by atoms with Gasteiger partial charge in [-0.05, 0) is 111 Å². The number of hydrogen-bond donors (Lipinski definition) is 0. The van der Waals surface area contributed by atoms with Crippen molar-refractivity contribution < 1.29 is 36.7 Å². The Morgan fingerprint density at radius 2 is 1.13 bits per heavy atom. The summed E-state index contributed by atoms with van der Waals surface area (Å²) in [5, 5.41) is 1.96. The predicted octanol–water partition coefficient (Wildman–Crippen LogP) is 16.3. The molecule has 0 N–H and O–H groups in total. The van der Waals surface area contributed by atoms with Gasteiger partial charge in [-0.3, -0.25) is 13.7 Å². The Kier molecular flexibility index (Phi) is 6.48. The Bertz CT molecular complexity index is 4830. The molecule has 0 saturated heterocycles. The second-order valence-electron chi connectivity index (χ2n) is 17.5. The minimum absolute atomic E-state index is 0.0359. The van der Waals surface area contributed by atoms with E-state index in [1.54, 1.807) is 41.1 Å². The lowest BCUT2D eigenvalue weighted by molar-refractivity contribution is -0.571. The number of aromatic nitrogens is 4. The molecule has 5 nitrogen and oxygen atoms in total. The highest BCUT2D eigenvalue weighted by atomic mass is 16.5. The molecule has 0 radical (unpaired) electrons. The number of ether oxygens (including phenoxy) is 1. The summed E-state index contributed by atoms with van der Waals surface area (Å²) in [6.07, 6.45) is 5.05. The van der Waals surface area contributed by atoms with E-state index in [-0.39, 0.29) is 11.1 Å². The van der Waals surface area contributed by atoms with E-state index in [4.69, 9.17) is 17.1 Å². The van der Waals surface area contributed by atoms with Gasteiger partial charge in [0.15, 0.2) is 0 Å². The molecule has 70 heavy (non-hydrogen) atoms. The molecule has 0 aliphatic heterocycles. The van der Waals surface area contributed by atoms with Gasteiger partial charge in [0, 0.05) is 23.0 Å². The zero-order valence-electron chi connectivity index (χ0n) is 58.1. The van der Waals surface area contributed by atoms with Crippen LogP contribution < -0.4 is 9.30 Å². The van der Waals surface area contributed by atoms with Crippen molar-refractivity contribution in [2.75, 3.05) is 0 Å². The third kappa shape index (κ3) is 7.81. The van der Waals surface area contributed by atoms with Crippen molar-refractivity contribution in [3.8, 4) is 73.2 Å². The Morgan fingerprint density at radius 3 is 1.80 bits per heavy atom. The van der Waals surface area contributed by atoms with Crippen LogP contribution in [0.15, 0.2) is 230 Å². The molecule has 3 aromatic heterocycles. The minimum Gasteiger partial charge on any atom is -0.458 e. The maximum absolute atomic E-state index is 9.80. The van der Waals surface area contributed by atoms with Crippen molar-refractivity contribution in [3.05, 3.63) is 248 Å². The van der Waals surface area contributed by atoms with Gasteiger partial charge in [0.2, 0.25) is 0 Å². The van der Waals surface area contributed by atoms with E-state index < -0.39 is 176 Å². The van der Waals surface area contributed by atoms with E-state index in [2.05, 4.69) is 15.9 Å². The van der Waals surface area contributed by atoms with Gasteiger partial charge < -0.3 is 4.74 Å². The number of nitrogens with zero attached hydrogens (tertiary/aromatic N) is 4. The molecule has 3 heterocycles. The van der Waals surface area contributed by atoms with E-state index in [0.29, 0.717) is 28.5 Å². The van der Waals surface area contributed by atoms with Crippen molar-refractivity contribution >= 4 is 32.8 Å². The van der Waals surface area contributed by atoms with E-state index in [0.717, 1.165) is 27.4 Å². The molecule has 0 saturated carbocycles. The number of fused-ring (bicyclic) bond motifs is 4. The minimum atomic E-state index is -0.934. The van der Waals surface area contributed by atoms with Gasteiger partial charge >= 0.3 is 0 Å². The van der Waals surface area contributed by atoms with Gasteiger partial charge in [-0.15, -0.1) is 0 Å². The summed E-state index contributed by atoms with van der Waals surface area (Å²) in [7, 11) is 0. The largest absolute Gasteiger partial charge is 0.458 e. The van der Waals surface area contributed by atoms with Gasteiger partial charge in [-0.1, -0.05) is 196 Å². The summed E-state index contributed by atoms with van der Waals surface area (Å²) < 4.78 is 195. The third-order valence-electron chi connectivity index (χ3n) is 11.9. The number of imidazole rings is 1. The fourth-order valence-corrected chi connectivity index (χ4v) is 8.49. The van der Waals surface area contributed by atoms with Crippen LogP contribution in [-0.4, -0.2) is 14.1 Å². The zero-order chi connectivity index (χ0) is 64.8. The summed E-state index contributed by atoms with van der Waals surface area (Å²) in [6, 6.07) is 15.3. The van der Waals surface area contributed by atoms with E-state index >= 15 is 0 Å². The van der Waals surface area contributed by atoms with Crippen LogP contribution in [0, 0.1) is 13.3 Å².